The summed E-state index contributed by atoms with van der Waals surface area (Å²) in [6.07, 6.45) is 1.60. The Labute approximate surface area is 72.6 Å². The second-order valence-corrected chi connectivity index (χ2v) is 3.20. The number of likely N-dealkylation sites (tertiary alicyclic amines) is 1. The molecule has 4 nitrogen and oxygen atoms in total. The predicted molar refractivity (Wildman–Crippen MR) is 45.7 cm³/mol. The van der Waals surface area contributed by atoms with Crippen LogP contribution in [0.5, 0.6) is 0 Å². The van der Waals surface area contributed by atoms with Crippen molar-refractivity contribution in [1.29, 1.82) is 0 Å². The number of rotatable bonds is 2. The predicted octanol–water partition coefficient (Wildman–Crippen LogP) is -0.811. The standard InChI is InChI=1S/C8H16N2O2/c1-9-8(12)6-10-4-2-3-7(11)5-10/h7,11H,2-6H2,1H3,(H,9,12). The molecule has 0 aromatic carbocycles. The Morgan fingerprint density at radius 2 is 2.50 bits per heavy atom. The number of hydrogen-bond acceptors (Lipinski definition) is 3. The van der Waals surface area contributed by atoms with Gasteiger partial charge in [0.05, 0.1) is 12.6 Å². The molecule has 0 aliphatic carbocycles. The SMILES string of the molecule is CNC(=O)CN1CCCC(O)C1. The molecule has 1 saturated heterocycles. The fourth-order valence-electron chi connectivity index (χ4n) is 1.46. The number of amides is 1. The average molecular weight is 172 g/mol. The highest BCUT2D eigenvalue weighted by atomic mass is 16.3. The van der Waals surface area contributed by atoms with Crippen molar-refractivity contribution in [2.75, 3.05) is 26.7 Å². The van der Waals surface area contributed by atoms with Gasteiger partial charge in [-0.15, -0.1) is 0 Å². The van der Waals surface area contributed by atoms with Crippen LogP contribution < -0.4 is 5.32 Å². The minimum Gasteiger partial charge on any atom is -0.392 e. The molecule has 1 rings (SSSR count). The van der Waals surface area contributed by atoms with E-state index in [1.54, 1.807) is 7.05 Å². The van der Waals surface area contributed by atoms with Crippen LogP contribution in [0.15, 0.2) is 0 Å². The van der Waals surface area contributed by atoms with Gasteiger partial charge in [0.2, 0.25) is 5.91 Å². The molecule has 0 bridgehead atoms. The lowest BCUT2D eigenvalue weighted by Gasteiger charge is -2.28. The largest absolute Gasteiger partial charge is 0.392 e. The van der Waals surface area contributed by atoms with Gasteiger partial charge in [-0.25, -0.2) is 0 Å². The van der Waals surface area contributed by atoms with Crippen molar-refractivity contribution in [1.82, 2.24) is 10.2 Å². The summed E-state index contributed by atoms with van der Waals surface area (Å²) in [4.78, 5) is 12.9. The van der Waals surface area contributed by atoms with Gasteiger partial charge in [-0.05, 0) is 19.4 Å². The van der Waals surface area contributed by atoms with Crippen molar-refractivity contribution in [2.24, 2.45) is 0 Å². The summed E-state index contributed by atoms with van der Waals surface area (Å²) >= 11 is 0. The van der Waals surface area contributed by atoms with Crippen LogP contribution in [0.2, 0.25) is 0 Å². The van der Waals surface area contributed by atoms with Crippen LogP contribution in [0.25, 0.3) is 0 Å². The number of piperidine rings is 1. The van der Waals surface area contributed by atoms with Gasteiger partial charge < -0.3 is 10.4 Å². The van der Waals surface area contributed by atoms with Gasteiger partial charge in [0.25, 0.3) is 0 Å². The van der Waals surface area contributed by atoms with E-state index in [9.17, 15) is 9.90 Å². The Morgan fingerprint density at radius 1 is 1.75 bits per heavy atom. The molecule has 1 amide bonds. The summed E-state index contributed by atoms with van der Waals surface area (Å²) in [5.41, 5.74) is 0. The van der Waals surface area contributed by atoms with Gasteiger partial charge >= 0.3 is 0 Å². The first-order valence-electron chi connectivity index (χ1n) is 4.33. The maximum atomic E-state index is 11.0. The van der Waals surface area contributed by atoms with E-state index in [0.717, 1.165) is 19.4 Å². The first kappa shape index (κ1) is 9.48. The molecule has 0 spiro atoms. The zero-order valence-electron chi connectivity index (χ0n) is 7.42. The van der Waals surface area contributed by atoms with E-state index >= 15 is 0 Å². The number of β-amino-alcohol motifs (C(OH)–C–C–N with tert-alkyl or cyclic N) is 1. The monoisotopic (exact) mass is 172 g/mol. The van der Waals surface area contributed by atoms with Crippen LogP contribution in [0.3, 0.4) is 0 Å². The zero-order chi connectivity index (χ0) is 8.97. The maximum absolute atomic E-state index is 11.0. The molecule has 0 aromatic heterocycles. The van der Waals surface area contributed by atoms with E-state index in [-0.39, 0.29) is 12.0 Å². The lowest BCUT2D eigenvalue weighted by atomic mass is 10.1. The molecule has 1 unspecified atom stereocenters. The summed E-state index contributed by atoms with van der Waals surface area (Å²) in [7, 11) is 1.63. The number of hydrogen-bond donors (Lipinski definition) is 2. The third kappa shape index (κ3) is 2.79. The normalized spacial score (nSPS) is 25.3. The smallest absolute Gasteiger partial charge is 0.233 e. The average Bonchev–Trinajstić information content (AvgIpc) is 2.04. The number of aliphatic hydroxyl groups excluding tert-OH is 1. The summed E-state index contributed by atoms with van der Waals surface area (Å²) < 4.78 is 0. The van der Waals surface area contributed by atoms with Crippen LogP contribution in [0.4, 0.5) is 0 Å². The molecule has 1 aliphatic rings. The molecule has 1 atom stereocenters. The van der Waals surface area contributed by atoms with Crippen molar-refractivity contribution in [3.8, 4) is 0 Å². The van der Waals surface area contributed by atoms with Crippen LogP contribution in [-0.4, -0.2) is 48.7 Å². The summed E-state index contributed by atoms with van der Waals surface area (Å²) in [6.45, 7) is 1.96. The quantitative estimate of drug-likeness (QED) is 0.573. The highest BCUT2D eigenvalue weighted by Crippen LogP contribution is 2.08. The number of nitrogens with one attached hydrogen (secondary N) is 1. The number of likely N-dealkylation sites (N-methyl/N-ethyl adjacent to an activating group) is 1. The van der Waals surface area contributed by atoms with Crippen molar-refractivity contribution in [3.05, 3.63) is 0 Å². The molecular weight excluding hydrogens is 156 g/mol. The van der Waals surface area contributed by atoms with E-state index in [1.165, 1.54) is 0 Å². The second-order valence-electron chi connectivity index (χ2n) is 3.20. The van der Waals surface area contributed by atoms with E-state index in [0.29, 0.717) is 13.1 Å². The highest BCUT2D eigenvalue weighted by Gasteiger charge is 2.18. The number of nitrogens with zero attached hydrogens (tertiary/aromatic N) is 1. The molecular formula is C8H16N2O2. The lowest BCUT2D eigenvalue weighted by Crippen LogP contribution is -2.43. The summed E-state index contributed by atoms with van der Waals surface area (Å²) in [5.74, 6) is 0.0177. The Bertz CT molecular complexity index is 161. The first-order valence-corrected chi connectivity index (χ1v) is 4.33. The van der Waals surface area contributed by atoms with Gasteiger partial charge in [-0.3, -0.25) is 9.69 Å². The Kier molecular flexibility index (Phi) is 3.49. The zero-order valence-corrected chi connectivity index (χ0v) is 7.42. The molecule has 1 fully saturated rings. The van der Waals surface area contributed by atoms with Gasteiger partial charge in [0.15, 0.2) is 0 Å². The molecule has 4 heteroatoms. The Morgan fingerprint density at radius 3 is 3.08 bits per heavy atom. The van der Waals surface area contributed by atoms with Crippen molar-refractivity contribution in [2.45, 2.75) is 18.9 Å². The van der Waals surface area contributed by atoms with Gasteiger partial charge in [-0.1, -0.05) is 0 Å². The third-order valence-electron chi connectivity index (χ3n) is 2.13. The Hall–Kier alpha value is -0.610. The fourth-order valence-corrected chi connectivity index (χ4v) is 1.46. The first-order chi connectivity index (χ1) is 5.72. The van der Waals surface area contributed by atoms with E-state index in [1.807, 2.05) is 4.90 Å². The molecule has 2 N–H and O–H groups in total. The number of carbonyl (C=O) groups excluding carboxylic acids is 1. The number of aliphatic hydroxyl groups is 1. The topological polar surface area (TPSA) is 52.6 Å². The third-order valence-corrected chi connectivity index (χ3v) is 2.13. The molecule has 0 saturated carbocycles. The molecule has 12 heavy (non-hydrogen) atoms. The lowest BCUT2D eigenvalue weighted by molar-refractivity contribution is -0.122. The van der Waals surface area contributed by atoms with E-state index < -0.39 is 0 Å². The molecule has 0 radical (unpaired) electrons. The summed E-state index contributed by atoms with van der Waals surface area (Å²) in [5, 5.41) is 11.9. The molecule has 70 valence electrons. The van der Waals surface area contributed by atoms with E-state index in [2.05, 4.69) is 5.32 Å². The van der Waals surface area contributed by atoms with Crippen molar-refractivity contribution >= 4 is 5.91 Å². The molecule has 1 aliphatic heterocycles. The second kappa shape index (κ2) is 4.42. The van der Waals surface area contributed by atoms with Crippen LogP contribution >= 0.6 is 0 Å². The van der Waals surface area contributed by atoms with Crippen LogP contribution in [0, 0.1) is 0 Å². The summed E-state index contributed by atoms with van der Waals surface area (Å²) in [6, 6.07) is 0. The van der Waals surface area contributed by atoms with Crippen molar-refractivity contribution < 1.29 is 9.90 Å². The van der Waals surface area contributed by atoms with Gasteiger partial charge in [-0.2, -0.15) is 0 Å². The fraction of sp³-hybridized carbons (Fsp3) is 0.875. The molecule has 1 heterocycles. The Balaban J connectivity index is 2.27. The van der Waals surface area contributed by atoms with Crippen LogP contribution in [-0.2, 0) is 4.79 Å². The molecule has 0 aromatic rings. The van der Waals surface area contributed by atoms with Crippen molar-refractivity contribution in [3.63, 3.8) is 0 Å². The van der Waals surface area contributed by atoms with E-state index in [4.69, 9.17) is 0 Å². The number of carbonyl (C=O) groups is 1. The van der Waals surface area contributed by atoms with Crippen LogP contribution in [0.1, 0.15) is 12.8 Å². The maximum Gasteiger partial charge on any atom is 0.233 e. The minimum absolute atomic E-state index is 0.0177. The van der Waals surface area contributed by atoms with Gasteiger partial charge in [0, 0.05) is 13.6 Å². The van der Waals surface area contributed by atoms with Gasteiger partial charge in [0.1, 0.15) is 0 Å². The minimum atomic E-state index is -0.247. The highest BCUT2D eigenvalue weighted by molar-refractivity contribution is 5.77.